The lowest BCUT2D eigenvalue weighted by Gasteiger charge is -2.36. The van der Waals surface area contributed by atoms with Crippen molar-refractivity contribution in [2.24, 2.45) is 0 Å². The van der Waals surface area contributed by atoms with Crippen molar-refractivity contribution in [2.45, 2.75) is 24.8 Å². The van der Waals surface area contributed by atoms with Crippen molar-refractivity contribution in [2.75, 3.05) is 32.4 Å². The Balaban J connectivity index is 2.29. The van der Waals surface area contributed by atoms with Crippen LogP contribution in [0.5, 0.6) is 0 Å². The summed E-state index contributed by atoms with van der Waals surface area (Å²) < 4.78 is 26.7. The number of sulfonamides is 1. The molecule has 19 heavy (non-hydrogen) atoms. The van der Waals surface area contributed by atoms with Crippen LogP contribution in [-0.2, 0) is 10.0 Å². The molecule has 1 unspecified atom stereocenters. The highest BCUT2D eigenvalue weighted by molar-refractivity contribution is 7.89. The van der Waals surface area contributed by atoms with Crippen LogP contribution in [0.25, 0.3) is 0 Å². The highest BCUT2D eigenvalue weighted by atomic mass is 32.2. The lowest BCUT2D eigenvalue weighted by molar-refractivity contribution is 0.159. The Bertz CT molecular complexity index is 571. The number of likely N-dealkylation sites (N-methyl/N-ethyl adjacent to an activating group) is 1. The quantitative estimate of drug-likeness (QED) is 0.819. The summed E-state index contributed by atoms with van der Waals surface area (Å²) >= 11 is 0. The van der Waals surface area contributed by atoms with E-state index >= 15 is 0 Å². The third kappa shape index (κ3) is 2.75. The van der Waals surface area contributed by atoms with Gasteiger partial charge < -0.3 is 10.6 Å². The summed E-state index contributed by atoms with van der Waals surface area (Å²) in [6.07, 6.45) is 0. The van der Waals surface area contributed by atoms with Gasteiger partial charge in [-0.1, -0.05) is 6.07 Å². The average molecular weight is 283 g/mol. The maximum Gasteiger partial charge on any atom is 0.243 e. The lowest BCUT2D eigenvalue weighted by atomic mass is 10.2. The first-order valence-electron chi connectivity index (χ1n) is 6.39. The molecule has 1 aromatic rings. The van der Waals surface area contributed by atoms with Gasteiger partial charge in [-0.3, -0.25) is 0 Å². The molecule has 0 aliphatic carbocycles. The van der Waals surface area contributed by atoms with Crippen LogP contribution < -0.4 is 5.73 Å². The van der Waals surface area contributed by atoms with Gasteiger partial charge >= 0.3 is 0 Å². The Labute approximate surface area is 115 Å². The number of rotatable bonds is 2. The third-order valence-corrected chi connectivity index (χ3v) is 5.67. The second-order valence-electron chi connectivity index (χ2n) is 5.21. The summed E-state index contributed by atoms with van der Waals surface area (Å²) in [6, 6.07) is 5.16. The van der Waals surface area contributed by atoms with Gasteiger partial charge in [0.1, 0.15) is 0 Å². The van der Waals surface area contributed by atoms with Gasteiger partial charge in [-0.05, 0) is 38.6 Å². The maximum atomic E-state index is 12.6. The normalized spacial score (nSPS) is 22.6. The van der Waals surface area contributed by atoms with Crippen molar-refractivity contribution in [1.82, 2.24) is 9.21 Å². The molecule has 1 aromatic carbocycles. The van der Waals surface area contributed by atoms with Crippen LogP contribution in [-0.4, -0.2) is 50.3 Å². The number of hydrogen-bond acceptors (Lipinski definition) is 4. The molecule has 1 aliphatic rings. The van der Waals surface area contributed by atoms with E-state index in [9.17, 15) is 8.42 Å². The minimum absolute atomic E-state index is 0.228. The third-order valence-electron chi connectivity index (χ3n) is 3.81. The Kier molecular flexibility index (Phi) is 3.85. The molecule has 0 aromatic heterocycles. The molecule has 1 fully saturated rings. The van der Waals surface area contributed by atoms with Gasteiger partial charge in [0.25, 0.3) is 0 Å². The number of piperazine rings is 1. The Morgan fingerprint density at radius 3 is 2.58 bits per heavy atom. The topological polar surface area (TPSA) is 66.6 Å². The van der Waals surface area contributed by atoms with Crippen molar-refractivity contribution in [1.29, 1.82) is 0 Å². The number of benzene rings is 1. The highest BCUT2D eigenvalue weighted by Crippen LogP contribution is 2.22. The van der Waals surface area contributed by atoms with Crippen LogP contribution in [0.4, 0.5) is 5.69 Å². The number of nitrogens with zero attached hydrogens (tertiary/aromatic N) is 2. The molecule has 5 nitrogen and oxygen atoms in total. The molecule has 0 bridgehead atoms. The summed E-state index contributed by atoms with van der Waals surface area (Å²) in [5.41, 5.74) is 7.22. The van der Waals surface area contributed by atoms with Gasteiger partial charge in [-0.15, -0.1) is 0 Å². The zero-order chi connectivity index (χ0) is 14.2. The first kappa shape index (κ1) is 14.3. The van der Waals surface area contributed by atoms with E-state index < -0.39 is 10.0 Å². The van der Waals surface area contributed by atoms with Crippen molar-refractivity contribution >= 4 is 15.7 Å². The van der Waals surface area contributed by atoms with Gasteiger partial charge in [0, 0.05) is 31.4 Å². The van der Waals surface area contributed by atoms with Crippen LogP contribution in [0.2, 0.25) is 0 Å². The number of aryl methyl sites for hydroxylation is 1. The first-order chi connectivity index (χ1) is 8.82. The Morgan fingerprint density at radius 1 is 1.32 bits per heavy atom. The molecular weight excluding hydrogens is 262 g/mol. The highest BCUT2D eigenvalue weighted by Gasteiger charge is 2.30. The van der Waals surface area contributed by atoms with Crippen molar-refractivity contribution in [3.63, 3.8) is 0 Å². The monoisotopic (exact) mass is 283 g/mol. The molecule has 2 N–H and O–H groups in total. The Hall–Kier alpha value is -1.11. The predicted octanol–water partition coefficient (Wildman–Crippen LogP) is 0.902. The van der Waals surface area contributed by atoms with E-state index in [2.05, 4.69) is 4.90 Å². The van der Waals surface area contributed by atoms with E-state index in [0.29, 0.717) is 18.8 Å². The van der Waals surface area contributed by atoms with E-state index in [1.54, 1.807) is 22.5 Å². The molecule has 1 heterocycles. The zero-order valence-corrected chi connectivity index (χ0v) is 12.4. The average Bonchev–Trinajstić information content (AvgIpc) is 2.35. The molecule has 6 heteroatoms. The predicted molar refractivity (Wildman–Crippen MR) is 76.4 cm³/mol. The van der Waals surface area contributed by atoms with E-state index in [1.807, 2.05) is 20.9 Å². The smallest absolute Gasteiger partial charge is 0.243 e. The van der Waals surface area contributed by atoms with Gasteiger partial charge in [-0.2, -0.15) is 4.31 Å². The zero-order valence-electron chi connectivity index (χ0n) is 11.6. The standard InChI is InChI=1S/C13H21N3O2S/c1-10-4-5-12(8-13(10)14)19(17,18)16-7-6-15(3)11(2)9-16/h4-5,8,11H,6-7,9,14H2,1-3H3. The fourth-order valence-electron chi connectivity index (χ4n) is 2.16. The maximum absolute atomic E-state index is 12.6. The first-order valence-corrected chi connectivity index (χ1v) is 7.83. The van der Waals surface area contributed by atoms with Crippen LogP contribution in [0.3, 0.4) is 0 Å². The van der Waals surface area contributed by atoms with Crippen LogP contribution in [0, 0.1) is 6.92 Å². The number of hydrogen-bond donors (Lipinski definition) is 1. The van der Waals surface area contributed by atoms with Crippen LogP contribution >= 0.6 is 0 Å². The SMILES string of the molecule is Cc1ccc(S(=O)(=O)N2CCN(C)C(C)C2)cc1N. The molecule has 0 radical (unpaired) electrons. The molecule has 0 amide bonds. The molecular formula is C13H21N3O2S. The van der Waals surface area contributed by atoms with E-state index in [0.717, 1.165) is 12.1 Å². The second kappa shape index (κ2) is 5.11. The molecule has 2 rings (SSSR count). The van der Waals surface area contributed by atoms with Crippen molar-refractivity contribution in [3.8, 4) is 0 Å². The number of nitrogens with two attached hydrogens (primary N) is 1. The molecule has 0 spiro atoms. The second-order valence-corrected chi connectivity index (χ2v) is 7.15. The van der Waals surface area contributed by atoms with Crippen LogP contribution in [0.1, 0.15) is 12.5 Å². The van der Waals surface area contributed by atoms with E-state index in [4.69, 9.17) is 5.73 Å². The summed E-state index contributed by atoms with van der Waals surface area (Å²) in [5.74, 6) is 0. The summed E-state index contributed by atoms with van der Waals surface area (Å²) in [5, 5.41) is 0. The summed E-state index contributed by atoms with van der Waals surface area (Å²) in [6.45, 7) is 5.69. The summed E-state index contributed by atoms with van der Waals surface area (Å²) in [7, 11) is -1.42. The lowest BCUT2D eigenvalue weighted by Crippen LogP contribution is -2.51. The largest absolute Gasteiger partial charge is 0.398 e. The minimum Gasteiger partial charge on any atom is -0.398 e. The summed E-state index contributed by atoms with van der Waals surface area (Å²) in [4.78, 5) is 2.45. The van der Waals surface area contributed by atoms with Gasteiger partial charge in [0.2, 0.25) is 10.0 Å². The molecule has 1 aliphatic heterocycles. The van der Waals surface area contributed by atoms with Gasteiger partial charge in [0.15, 0.2) is 0 Å². The van der Waals surface area contributed by atoms with E-state index in [-0.39, 0.29) is 10.9 Å². The van der Waals surface area contributed by atoms with E-state index in [1.165, 1.54) is 0 Å². The fraction of sp³-hybridized carbons (Fsp3) is 0.538. The molecule has 1 saturated heterocycles. The van der Waals surface area contributed by atoms with Gasteiger partial charge in [-0.25, -0.2) is 8.42 Å². The fourth-order valence-corrected chi connectivity index (χ4v) is 3.71. The van der Waals surface area contributed by atoms with Gasteiger partial charge in [0.05, 0.1) is 4.90 Å². The molecule has 106 valence electrons. The Morgan fingerprint density at radius 2 is 2.00 bits per heavy atom. The van der Waals surface area contributed by atoms with Crippen LogP contribution in [0.15, 0.2) is 23.1 Å². The molecule has 1 atom stereocenters. The minimum atomic E-state index is -3.43. The van der Waals surface area contributed by atoms with Crippen molar-refractivity contribution < 1.29 is 8.42 Å². The number of nitrogen functional groups attached to an aromatic ring is 1. The molecule has 0 saturated carbocycles. The van der Waals surface area contributed by atoms with Crippen molar-refractivity contribution in [3.05, 3.63) is 23.8 Å². The number of anilines is 1.